The number of phenolic OH excluding ortho intramolecular Hbond substituents is 2. The minimum Gasteiger partial charge on any atom is -0.504 e. The lowest BCUT2D eigenvalue weighted by Gasteiger charge is -2.10. The van der Waals surface area contributed by atoms with Gasteiger partial charge in [0.25, 0.3) is 0 Å². The molecule has 0 unspecified atom stereocenters. The van der Waals surface area contributed by atoms with E-state index in [9.17, 15) is 15.0 Å². The van der Waals surface area contributed by atoms with Crippen LogP contribution in [0.4, 0.5) is 4.79 Å². The highest BCUT2D eigenvalue weighted by molar-refractivity contribution is 5.67. The lowest BCUT2D eigenvalue weighted by atomic mass is 10.0. The summed E-state index contributed by atoms with van der Waals surface area (Å²) in [4.78, 5) is 11.6. The molecule has 0 spiro atoms. The summed E-state index contributed by atoms with van der Waals surface area (Å²) in [7, 11) is 0. The Kier molecular flexibility index (Phi) is 5.25. The van der Waals surface area contributed by atoms with E-state index in [0.29, 0.717) is 13.0 Å². The van der Waals surface area contributed by atoms with Gasteiger partial charge in [-0.25, -0.2) is 4.79 Å². The van der Waals surface area contributed by atoms with Crippen molar-refractivity contribution in [3.63, 3.8) is 0 Å². The molecule has 0 radical (unpaired) electrons. The maximum atomic E-state index is 11.6. The third-order valence-electron chi connectivity index (χ3n) is 3.31. The zero-order valence-electron chi connectivity index (χ0n) is 12.4. The van der Waals surface area contributed by atoms with Gasteiger partial charge in [-0.05, 0) is 42.2 Å². The smallest absolute Gasteiger partial charge is 0.407 e. The Morgan fingerprint density at radius 2 is 1.82 bits per heavy atom. The molecule has 0 saturated carbocycles. The van der Waals surface area contributed by atoms with Gasteiger partial charge >= 0.3 is 6.09 Å². The number of hydrogen-bond acceptors (Lipinski definition) is 4. The summed E-state index contributed by atoms with van der Waals surface area (Å²) >= 11 is 0. The summed E-state index contributed by atoms with van der Waals surface area (Å²) < 4.78 is 5.10. The second kappa shape index (κ2) is 7.36. The highest BCUT2D eigenvalue weighted by Gasteiger charge is 2.07. The van der Waals surface area contributed by atoms with Crippen molar-refractivity contribution in [1.29, 1.82) is 0 Å². The largest absolute Gasteiger partial charge is 0.504 e. The van der Waals surface area contributed by atoms with Crippen molar-refractivity contribution in [3.05, 3.63) is 59.2 Å². The molecule has 0 aliphatic rings. The van der Waals surface area contributed by atoms with Crippen molar-refractivity contribution >= 4 is 6.09 Å². The molecule has 22 heavy (non-hydrogen) atoms. The van der Waals surface area contributed by atoms with Gasteiger partial charge in [-0.15, -0.1) is 0 Å². The van der Waals surface area contributed by atoms with Gasteiger partial charge in [-0.3, -0.25) is 0 Å². The molecule has 5 nitrogen and oxygen atoms in total. The average molecular weight is 301 g/mol. The van der Waals surface area contributed by atoms with Crippen LogP contribution < -0.4 is 5.32 Å². The first-order chi connectivity index (χ1) is 10.6. The van der Waals surface area contributed by atoms with Crippen LogP contribution in [0.2, 0.25) is 0 Å². The first-order valence-corrected chi connectivity index (χ1v) is 7.02. The summed E-state index contributed by atoms with van der Waals surface area (Å²) in [6, 6.07) is 12.4. The molecule has 3 N–H and O–H groups in total. The Labute approximate surface area is 129 Å². The molecule has 0 atom stereocenters. The molecule has 0 saturated heterocycles. The quantitative estimate of drug-likeness (QED) is 0.742. The molecule has 0 aliphatic heterocycles. The summed E-state index contributed by atoms with van der Waals surface area (Å²) in [6.45, 7) is 2.45. The van der Waals surface area contributed by atoms with Gasteiger partial charge < -0.3 is 20.3 Å². The van der Waals surface area contributed by atoms with Crippen LogP contribution in [0.25, 0.3) is 0 Å². The molecule has 2 aromatic rings. The maximum Gasteiger partial charge on any atom is 0.407 e. The average Bonchev–Trinajstić information content (AvgIpc) is 2.51. The number of carbonyl (C=O) groups is 1. The summed E-state index contributed by atoms with van der Waals surface area (Å²) in [6.07, 6.45) is 0.0598. The fourth-order valence-electron chi connectivity index (χ4n) is 2.07. The van der Waals surface area contributed by atoms with Gasteiger partial charge in [0.1, 0.15) is 6.61 Å². The van der Waals surface area contributed by atoms with Gasteiger partial charge in [0.05, 0.1) is 0 Å². The van der Waals surface area contributed by atoms with Gasteiger partial charge in [-0.2, -0.15) is 0 Å². The molecular weight excluding hydrogens is 282 g/mol. The zero-order valence-corrected chi connectivity index (χ0v) is 12.4. The molecule has 0 bridgehead atoms. The molecule has 5 heteroatoms. The SMILES string of the molecule is Cc1cc(O)c(O)cc1CCNC(=O)OCc1ccccc1. The highest BCUT2D eigenvalue weighted by atomic mass is 16.5. The van der Waals surface area contributed by atoms with Crippen molar-refractivity contribution in [1.82, 2.24) is 5.32 Å². The number of nitrogens with one attached hydrogen (secondary N) is 1. The third kappa shape index (κ3) is 4.41. The molecule has 0 fully saturated rings. The van der Waals surface area contributed by atoms with Crippen molar-refractivity contribution < 1.29 is 19.7 Å². The van der Waals surface area contributed by atoms with Gasteiger partial charge in [-0.1, -0.05) is 30.3 Å². The summed E-state index contributed by atoms with van der Waals surface area (Å²) in [5.74, 6) is -0.302. The van der Waals surface area contributed by atoms with Crippen LogP contribution in [0.15, 0.2) is 42.5 Å². The molecule has 2 aromatic carbocycles. The Morgan fingerprint density at radius 3 is 2.55 bits per heavy atom. The number of alkyl carbamates (subject to hydrolysis) is 1. The van der Waals surface area contributed by atoms with Crippen LogP contribution in [0.1, 0.15) is 16.7 Å². The van der Waals surface area contributed by atoms with E-state index in [4.69, 9.17) is 4.74 Å². The number of aryl methyl sites for hydroxylation is 1. The third-order valence-corrected chi connectivity index (χ3v) is 3.31. The monoisotopic (exact) mass is 301 g/mol. The minimum atomic E-state index is -0.482. The van der Waals surface area contributed by atoms with Crippen LogP contribution in [0, 0.1) is 6.92 Å². The first-order valence-electron chi connectivity index (χ1n) is 7.02. The molecule has 116 valence electrons. The van der Waals surface area contributed by atoms with Crippen molar-refractivity contribution in [2.24, 2.45) is 0 Å². The van der Waals surface area contributed by atoms with E-state index in [-0.39, 0.29) is 18.1 Å². The molecule has 1 amide bonds. The Hall–Kier alpha value is -2.69. The molecule has 0 heterocycles. The number of aromatic hydroxyl groups is 2. The summed E-state index contributed by atoms with van der Waals surface area (Å²) in [5.41, 5.74) is 2.64. The number of amides is 1. The van der Waals surface area contributed by atoms with E-state index >= 15 is 0 Å². The second-order valence-electron chi connectivity index (χ2n) is 5.01. The van der Waals surface area contributed by atoms with Crippen LogP contribution in [0.3, 0.4) is 0 Å². The number of carbonyl (C=O) groups excluding carboxylic acids is 1. The molecule has 0 aliphatic carbocycles. The number of ether oxygens (including phenoxy) is 1. The number of hydrogen-bond donors (Lipinski definition) is 3. The van der Waals surface area contributed by atoms with E-state index < -0.39 is 6.09 Å². The second-order valence-corrected chi connectivity index (χ2v) is 5.01. The molecule has 2 rings (SSSR count). The Morgan fingerprint density at radius 1 is 1.14 bits per heavy atom. The van der Waals surface area contributed by atoms with E-state index in [1.807, 2.05) is 37.3 Å². The van der Waals surface area contributed by atoms with Gasteiger partial charge in [0.2, 0.25) is 0 Å². The normalized spacial score (nSPS) is 10.2. The fraction of sp³-hybridized carbons (Fsp3) is 0.235. The van der Waals surface area contributed by atoms with Gasteiger partial charge in [0.15, 0.2) is 11.5 Å². The minimum absolute atomic E-state index is 0.142. The Bertz CT molecular complexity index is 641. The number of benzene rings is 2. The van der Waals surface area contributed by atoms with Gasteiger partial charge in [0, 0.05) is 6.54 Å². The lowest BCUT2D eigenvalue weighted by Crippen LogP contribution is -2.26. The predicted octanol–water partition coefficient (Wildman–Crippen LogP) is 2.88. The predicted molar refractivity (Wildman–Crippen MR) is 82.8 cm³/mol. The number of rotatable bonds is 5. The van der Waals surface area contributed by atoms with Crippen LogP contribution in [-0.4, -0.2) is 22.9 Å². The van der Waals surface area contributed by atoms with Crippen LogP contribution >= 0.6 is 0 Å². The highest BCUT2D eigenvalue weighted by Crippen LogP contribution is 2.27. The topological polar surface area (TPSA) is 78.8 Å². The molecular formula is C17H19NO4. The van der Waals surface area contributed by atoms with E-state index in [2.05, 4.69) is 5.32 Å². The number of phenols is 2. The van der Waals surface area contributed by atoms with Crippen molar-refractivity contribution in [2.75, 3.05) is 6.54 Å². The zero-order chi connectivity index (χ0) is 15.9. The first kappa shape index (κ1) is 15.7. The summed E-state index contributed by atoms with van der Waals surface area (Å²) in [5, 5.41) is 21.5. The van der Waals surface area contributed by atoms with E-state index in [1.54, 1.807) is 0 Å². The fourth-order valence-corrected chi connectivity index (χ4v) is 2.07. The lowest BCUT2D eigenvalue weighted by molar-refractivity contribution is 0.140. The van der Waals surface area contributed by atoms with Crippen LogP contribution in [-0.2, 0) is 17.8 Å². The van der Waals surface area contributed by atoms with E-state index in [1.165, 1.54) is 12.1 Å². The Balaban J connectivity index is 1.76. The van der Waals surface area contributed by atoms with Crippen molar-refractivity contribution in [2.45, 2.75) is 20.0 Å². The van der Waals surface area contributed by atoms with Crippen LogP contribution in [0.5, 0.6) is 11.5 Å². The van der Waals surface area contributed by atoms with Crippen molar-refractivity contribution in [3.8, 4) is 11.5 Å². The maximum absolute atomic E-state index is 11.6. The standard InChI is InChI=1S/C17H19NO4/c1-12-9-15(19)16(20)10-14(12)7-8-18-17(21)22-11-13-5-3-2-4-6-13/h2-6,9-10,19-20H,7-8,11H2,1H3,(H,18,21). The molecule has 0 aromatic heterocycles. The van der Waals surface area contributed by atoms with E-state index in [0.717, 1.165) is 16.7 Å².